The van der Waals surface area contributed by atoms with Crippen LogP contribution in [0.15, 0.2) is 29.8 Å². The summed E-state index contributed by atoms with van der Waals surface area (Å²) in [6.07, 6.45) is 1.72. The second-order valence-corrected chi connectivity index (χ2v) is 4.59. The van der Waals surface area contributed by atoms with Crippen LogP contribution in [0.3, 0.4) is 0 Å². The first-order valence-electron chi connectivity index (χ1n) is 5.92. The number of aromatic nitrogens is 2. The highest BCUT2D eigenvalue weighted by molar-refractivity contribution is 7.13. The van der Waals surface area contributed by atoms with Crippen LogP contribution in [-0.4, -0.2) is 33.9 Å². The molecule has 0 radical (unpaired) electrons. The number of thiazole rings is 1. The number of carbonyl (C=O) groups is 1. The zero-order valence-electron chi connectivity index (χ0n) is 10.5. The highest BCUT2D eigenvalue weighted by Crippen LogP contribution is 2.21. The van der Waals surface area contributed by atoms with Crippen molar-refractivity contribution in [1.82, 2.24) is 14.9 Å². The van der Waals surface area contributed by atoms with Crippen molar-refractivity contribution in [1.29, 1.82) is 0 Å². The molecule has 5 heteroatoms. The topological polar surface area (TPSA) is 46.1 Å². The highest BCUT2D eigenvalue weighted by Gasteiger charge is 2.16. The molecule has 0 aliphatic heterocycles. The second-order valence-electron chi connectivity index (χ2n) is 3.73. The zero-order valence-corrected chi connectivity index (χ0v) is 11.3. The Morgan fingerprint density at radius 3 is 2.72 bits per heavy atom. The molecule has 4 nitrogen and oxygen atoms in total. The van der Waals surface area contributed by atoms with Crippen LogP contribution >= 0.6 is 11.3 Å². The number of hydrogen-bond donors (Lipinski definition) is 0. The summed E-state index contributed by atoms with van der Waals surface area (Å²) in [6.45, 7) is 5.33. The Labute approximate surface area is 110 Å². The molecule has 0 N–H and O–H groups in total. The first-order valence-corrected chi connectivity index (χ1v) is 6.80. The lowest BCUT2D eigenvalue weighted by Gasteiger charge is -2.16. The fourth-order valence-electron chi connectivity index (χ4n) is 1.65. The number of pyridine rings is 1. The van der Waals surface area contributed by atoms with Crippen molar-refractivity contribution in [3.63, 3.8) is 0 Å². The average Bonchev–Trinajstić information content (AvgIpc) is 2.90. The van der Waals surface area contributed by atoms with E-state index < -0.39 is 0 Å². The Morgan fingerprint density at radius 1 is 1.33 bits per heavy atom. The maximum atomic E-state index is 12.1. The molecule has 1 amide bonds. The molecule has 0 saturated heterocycles. The molecule has 2 heterocycles. The molecule has 2 aromatic rings. The fourth-order valence-corrected chi connectivity index (χ4v) is 2.42. The molecule has 0 bridgehead atoms. The molecule has 0 spiro atoms. The van der Waals surface area contributed by atoms with Crippen LogP contribution in [-0.2, 0) is 0 Å². The summed E-state index contributed by atoms with van der Waals surface area (Å²) < 4.78 is 0. The number of nitrogens with zero attached hydrogens (tertiary/aromatic N) is 3. The summed E-state index contributed by atoms with van der Waals surface area (Å²) in [4.78, 5) is 22.5. The summed E-state index contributed by atoms with van der Waals surface area (Å²) in [5.74, 6) is -0.0153. The molecule has 0 aromatic carbocycles. The molecular weight excluding hydrogens is 246 g/mol. The molecular formula is C13H15N3OS. The monoisotopic (exact) mass is 261 g/mol. The zero-order chi connectivity index (χ0) is 13.0. The number of carbonyl (C=O) groups excluding carboxylic acids is 1. The first-order chi connectivity index (χ1) is 8.76. The number of rotatable bonds is 4. The summed E-state index contributed by atoms with van der Waals surface area (Å²) in [7, 11) is 0. The smallest absolute Gasteiger partial charge is 0.273 e. The standard InChI is InChI=1S/C13H15N3OS/c1-3-16(4-2)13(17)11-9-18-12(15-11)10-7-5-6-8-14-10/h5-9H,3-4H2,1-2H3. The summed E-state index contributed by atoms with van der Waals surface area (Å²) in [5.41, 5.74) is 1.31. The lowest BCUT2D eigenvalue weighted by molar-refractivity contribution is 0.0768. The van der Waals surface area contributed by atoms with Gasteiger partial charge in [-0.1, -0.05) is 6.07 Å². The van der Waals surface area contributed by atoms with E-state index in [0.717, 1.165) is 10.7 Å². The van der Waals surface area contributed by atoms with E-state index in [4.69, 9.17) is 0 Å². The van der Waals surface area contributed by atoms with Gasteiger partial charge in [-0.2, -0.15) is 0 Å². The fraction of sp³-hybridized carbons (Fsp3) is 0.308. The summed E-state index contributed by atoms with van der Waals surface area (Å²) in [5, 5.41) is 2.58. The largest absolute Gasteiger partial charge is 0.338 e. The molecule has 2 rings (SSSR count). The Morgan fingerprint density at radius 2 is 2.11 bits per heavy atom. The molecule has 18 heavy (non-hydrogen) atoms. The first kappa shape index (κ1) is 12.7. The third kappa shape index (κ3) is 2.56. The van der Waals surface area contributed by atoms with Crippen LogP contribution in [0.4, 0.5) is 0 Å². The van der Waals surface area contributed by atoms with E-state index in [1.54, 1.807) is 16.5 Å². The van der Waals surface area contributed by atoms with Crippen LogP contribution < -0.4 is 0 Å². The van der Waals surface area contributed by atoms with Gasteiger partial charge >= 0.3 is 0 Å². The van der Waals surface area contributed by atoms with Crippen molar-refractivity contribution >= 4 is 17.2 Å². The van der Waals surface area contributed by atoms with E-state index in [0.29, 0.717) is 18.8 Å². The van der Waals surface area contributed by atoms with Crippen LogP contribution in [0.2, 0.25) is 0 Å². The van der Waals surface area contributed by atoms with Gasteiger partial charge in [0, 0.05) is 24.7 Å². The minimum absolute atomic E-state index is 0.0153. The van der Waals surface area contributed by atoms with Crippen molar-refractivity contribution in [3.05, 3.63) is 35.5 Å². The Balaban J connectivity index is 2.23. The maximum Gasteiger partial charge on any atom is 0.273 e. The molecule has 0 aliphatic carbocycles. The predicted octanol–water partition coefficient (Wildman–Crippen LogP) is 2.69. The van der Waals surface area contributed by atoms with Crippen molar-refractivity contribution < 1.29 is 4.79 Å². The molecule has 0 unspecified atom stereocenters. The molecule has 2 aromatic heterocycles. The number of hydrogen-bond acceptors (Lipinski definition) is 4. The SMILES string of the molecule is CCN(CC)C(=O)c1csc(-c2ccccn2)n1. The molecule has 0 saturated carbocycles. The predicted molar refractivity (Wildman–Crippen MR) is 72.6 cm³/mol. The van der Waals surface area contributed by atoms with E-state index in [1.807, 2.05) is 32.0 Å². The van der Waals surface area contributed by atoms with Gasteiger partial charge in [0.05, 0.1) is 5.69 Å². The summed E-state index contributed by atoms with van der Waals surface area (Å²) in [6, 6.07) is 5.67. The average molecular weight is 261 g/mol. The van der Waals surface area contributed by atoms with Gasteiger partial charge in [0.15, 0.2) is 0 Å². The minimum Gasteiger partial charge on any atom is -0.338 e. The maximum absolute atomic E-state index is 12.1. The van der Waals surface area contributed by atoms with E-state index >= 15 is 0 Å². The highest BCUT2D eigenvalue weighted by atomic mass is 32.1. The van der Waals surface area contributed by atoms with Crippen LogP contribution in [0.25, 0.3) is 10.7 Å². The van der Waals surface area contributed by atoms with Crippen molar-refractivity contribution in [2.24, 2.45) is 0 Å². The van der Waals surface area contributed by atoms with Crippen molar-refractivity contribution in [2.45, 2.75) is 13.8 Å². The van der Waals surface area contributed by atoms with Gasteiger partial charge in [0.25, 0.3) is 5.91 Å². The van der Waals surface area contributed by atoms with Crippen molar-refractivity contribution in [2.75, 3.05) is 13.1 Å². The Hall–Kier alpha value is -1.75. The van der Waals surface area contributed by atoms with E-state index in [1.165, 1.54) is 11.3 Å². The summed E-state index contributed by atoms with van der Waals surface area (Å²) >= 11 is 1.45. The molecule has 0 fully saturated rings. The normalized spacial score (nSPS) is 10.3. The quantitative estimate of drug-likeness (QED) is 0.850. The third-order valence-electron chi connectivity index (χ3n) is 2.66. The second kappa shape index (κ2) is 5.73. The third-order valence-corrected chi connectivity index (χ3v) is 3.52. The Bertz CT molecular complexity index is 520. The van der Waals surface area contributed by atoms with E-state index in [-0.39, 0.29) is 5.91 Å². The van der Waals surface area contributed by atoms with Gasteiger partial charge in [0.2, 0.25) is 0 Å². The molecule has 94 valence electrons. The lowest BCUT2D eigenvalue weighted by atomic mass is 10.3. The van der Waals surface area contributed by atoms with Gasteiger partial charge in [-0.15, -0.1) is 11.3 Å². The van der Waals surface area contributed by atoms with Crippen LogP contribution in [0.5, 0.6) is 0 Å². The van der Waals surface area contributed by atoms with Gasteiger partial charge in [0.1, 0.15) is 10.7 Å². The van der Waals surface area contributed by atoms with Crippen LogP contribution in [0, 0.1) is 0 Å². The van der Waals surface area contributed by atoms with Gasteiger partial charge in [-0.05, 0) is 26.0 Å². The molecule has 0 aliphatic rings. The van der Waals surface area contributed by atoms with Gasteiger partial charge in [-0.3, -0.25) is 9.78 Å². The van der Waals surface area contributed by atoms with E-state index in [2.05, 4.69) is 9.97 Å². The Kier molecular flexibility index (Phi) is 4.04. The number of amides is 1. The minimum atomic E-state index is -0.0153. The molecule has 0 atom stereocenters. The van der Waals surface area contributed by atoms with Crippen LogP contribution in [0.1, 0.15) is 24.3 Å². The van der Waals surface area contributed by atoms with Crippen molar-refractivity contribution in [3.8, 4) is 10.7 Å². The van der Waals surface area contributed by atoms with E-state index in [9.17, 15) is 4.79 Å². The van der Waals surface area contributed by atoms with Gasteiger partial charge < -0.3 is 4.90 Å². The lowest BCUT2D eigenvalue weighted by Crippen LogP contribution is -2.30. The van der Waals surface area contributed by atoms with Gasteiger partial charge in [-0.25, -0.2) is 4.98 Å².